The molecule has 0 fully saturated rings. The zero-order valence-corrected chi connectivity index (χ0v) is 7.34. The van der Waals surface area contributed by atoms with Crippen LogP contribution in [0.2, 0.25) is 0 Å². The molecule has 0 atom stereocenters. The van der Waals surface area contributed by atoms with Crippen LogP contribution in [-0.4, -0.2) is 20.5 Å². The van der Waals surface area contributed by atoms with E-state index in [1.54, 1.807) is 22.8 Å². The van der Waals surface area contributed by atoms with E-state index in [1.165, 1.54) is 12.4 Å². The molecule has 0 aliphatic rings. The third kappa shape index (κ3) is 1.47. The lowest BCUT2D eigenvalue weighted by Gasteiger charge is -2.01. The van der Waals surface area contributed by atoms with Crippen LogP contribution in [0.3, 0.4) is 0 Å². The Morgan fingerprint density at radius 3 is 3.21 bits per heavy atom. The van der Waals surface area contributed by atoms with E-state index in [2.05, 4.69) is 22.0 Å². The zero-order chi connectivity index (χ0) is 9.97. The maximum Gasteiger partial charge on any atom is 0.247 e. The summed E-state index contributed by atoms with van der Waals surface area (Å²) in [5.41, 5.74) is 1.40. The summed E-state index contributed by atoms with van der Waals surface area (Å²) in [5.74, 6) is -0.246. The fourth-order valence-corrected chi connectivity index (χ4v) is 1.08. The SMILES string of the molecule is C=CC(=O)Nc1ccc2ncnn2c1. The van der Waals surface area contributed by atoms with Gasteiger partial charge in [-0.3, -0.25) is 4.79 Å². The number of rotatable bonds is 2. The van der Waals surface area contributed by atoms with Crippen molar-refractivity contribution in [1.82, 2.24) is 14.6 Å². The summed E-state index contributed by atoms with van der Waals surface area (Å²) >= 11 is 0. The van der Waals surface area contributed by atoms with E-state index in [1.807, 2.05) is 0 Å². The van der Waals surface area contributed by atoms with Crippen molar-refractivity contribution in [3.63, 3.8) is 0 Å². The highest BCUT2D eigenvalue weighted by Crippen LogP contribution is 2.07. The van der Waals surface area contributed by atoms with Crippen molar-refractivity contribution >= 4 is 17.2 Å². The summed E-state index contributed by atoms with van der Waals surface area (Å²) in [5, 5.41) is 6.57. The fraction of sp³-hybridized carbons (Fsp3) is 0. The maximum absolute atomic E-state index is 11.0. The van der Waals surface area contributed by atoms with Gasteiger partial charge in [-0.15, -0.1) is 0 Å². The Kier molecular flexibility index (Phi) is 1.98. The summed E-state index contributed by atoms with van der Waals surface area (Å²) in [7, 11) is 0. The minimum Gasteiger partial charge on any atom is -0.321 e. The fourth-order valence-electron chi connectivity index (χ4n) is 1.08. The largest absolute Gasteiger partial charge is 0.321 e. The highest BCUT2D eigenvalue weighted by molar-refractivity contribution is 5.98. The second-order valence-electron chi connectivity index (χ2n) is 2.67. The van der Waals surface area contributed by atoms with Crippen molar-refractivity contribution in [1.29, 1.82) is 0 Å². The number of fused-ring (bicyclic) bond motifs is 1. The van der Waals surface area contributed by atoms with Crippen LogP contribution < -0.4 is 5.32 Å². The lowest BCUT2D eigenvalue weighted by Crippen LogP contribution is -2.07. The Morgan fingerprint density at radius 2 is 2.43 bits per heavy atom. The molecule has 5 nitrogen and oxygen atoms in total. The third-order valence-corrected chi connectivity index (χ3v) is 1.73. The smallest absolute Gasteiger partial charge is 0.247 e. The van der Waals surface area contributed by atoms with Crippen molar-refractivity contribution in [2.45, 2.75) is 0 Å². The van der Waals surface area contributed by atoms with Gasteiger partial charge in [0.25, 0.3) is 0 Å². The van der Waals surface area contributed by atoms with Crippen molar-refractivity contribution in [3.05, 3.63) is 37.3 Å². The Hall–Kier alpha value is -2.17. The normalized spacial score (nSPS) is 10.0. The number of pyridine rings is 1. The monoisotopic (exact) mass is 188 g/mol. The Labute approximate surface area is 80.1 Å². The average molecular weight is 188 g/mol. The van der Waals surface area contributed by atoms with Crippen LogP contribution in [0.15, 0.2) is 37.3 Å². The standard InChI is InChI=1S/C9H8N4O/c1-2-9(14)12-7-3-4-8-10-6-11-13(8)5-7/h2-6H,1H2,(H,12,14). The molecule has 2 heterocycles. The molecule has 0 aliphatic carbocycles. The van der Waals surface area contributed by atoms with Gasteiger partial charge in [0.2, 0.25) is 5.91 Å². The van der Waals surface area contributed by atoms with Gasteiger partial charge >= 0.3 is 0 Å². The molecule has 0 aliphatic heterocycles. The molecule has 0 unspecified atom stereocenters. The Morgan fingerprint density at radius 1 is 1.57 bits per heavy atom. The van der Waals surface area contributed by atoms with E-state index in [-0.39, 0.29) is 5.91 Å². The number of hydrogen-bond donors (Lipinski definition) is 1. The topological polar surface area (TPSA) is 59.3 Å². The molecule has 5 heteroatoms. The van der Waals surface area contributed by atoms with Gasteiger partial charge in [-0.1, -0.05) is 6.58 Å². The van der Waals surface area contributed by atoms with E-state index >= 15 is 0 Å². The van der Waals surface area contributed by atoms with Crippen molar-refractivity contribution in [2.24, 2.45) is 0 Å². The summed E-state index contributed by atoms with van der Waals surface area (Å²) in [6.45, 7) is 3.36. The van der Waals surface area contributed by atoms with Crippen molar-refractivity contribution < 1.29 is 4.79 Å². The molecule has 1 amide bonds. The Balaban J connectivity index is 2.34. The second-order valence-corrected chi connectivity index (χ2v) is 2.67. The summed E-state index contributed by atoms with van der Waals surface area (Å²) in [6.07, 6.45) is 4.35. The number of anilines is 1. The molecule has 0 spiro atoms. The molecule has 2 rings (SSSR count). The van der Waals surface area contributed by atoms with Crippen LogP contribution in [-0.2, 0) is 4.79 Å². The quantitative estimate of drug-likeness (QED) is 0.711. The van der Waals surface area contributed by atoms with Gasteiger partial charge in [-0.25, -0.2) is 9.50 Å². The maximum atomic E-state index is 11.0. The van der Waals surface area contributed by atoms with Crippen LogP contribution in [0.25, 0.3) is 5.65 Å². The average Bonchev–Trinajstić information content (AvgIpc) is 2.64. The number of hydrogen-bond acceptors (Lipinski definition) is 3. The molecule has 0 bridgehead atoms. The molecule has 70 valence electrons. The molecule has 1 N–H and O–H groups in total. The van der Waals surface area contributed by atoms with E-state index in [4.69, 9.17) is 0 Å². The minimum absolute atomic E-state index is 0.246. The number of carbonyl (C=O) groups is 1. The first-order valence-electron chi connectivity index (χ1n) is 4.02. The number of amides is 1. The van der Waals surface area contributed by atoms with Gasteiger partial charge < -0.3 is 5.32 Å². The van der Waals surface area contributed by atoms with E-state index < -0.39 is 0 Å². The van der Waals surface area contributed by atoms with Crippen molar-refractivity contribution in [3.8, 4) is 0 Å². The van der Waals surface area contributed by atoms with Gasteiger partial charge in [0.15, 0.2) is 5.65 Å². The summed E-state index contributed by atoms with van der Waals surface area (Å²) < 4.78 is 1.58. The van der Waals surface area contributed by atoms with Crippen LogP contribution in [0.1, 0.15) is 0 Å². The van der Waals surface area contributed by atoms with Gasteiger partial charge in [0.1, 0.15) is 6.33 Å². The molecular weight excluding hydrogens is 180 g/mol. The molecular formula is C9H8N4O. The number of carbonyl (C=O) groups excluding carboxylic acids is 1. The first kappa shape index (κ1) is 8.43. The van der Waals surface area contributed by atoms with Crippen molar-refractivity contribution in [2.75, 3.05) is 5.32 Å². The van der Waals surface area contributed by atoms with Crippen LogP contribution >= 0.6 is 0 Å². The lowest BCUT2D eigenvalue weighted by molar-refractivity contribution is -0.111. The number of nitrogens with zero attached hydrogens (tertiary/aromatic N) is 3. The lowest BCUT2D eigenvalue weighted by atomic mass is 10.4. The minimum atomic E-state index is -0.246. The van der Waals surface area contributed by atoms with Crippen LogP contribution in [0.5, 0.6) is 0 Å². The number of nitrogens with one attached hydrogen (secondary N) is 1. The molecule has 2 aromatic heterocycles. The molecule has 0 saturated carbocycles. The highest BCUT2D eigenvalue weighted by Gasteiger charge is 1.99. The van der Waals surface area contributed by atoms with Gasteiger partial charge in [0.05, 0.1) is 11.9 Å². The van der Waals surface area contributed by atoms with E-state index in [0.717, 1.165) is 5.65 Å². The zero-order valence-electron chi connectivity index (χ0n) is 7.34. The first-order chi connectivity index (χ1) is 6.79. The summed E-state index contributed by atoms with van der Waals surface area (Å²) in [6, 6.07) is 3.52. The van der Waals surface area contributed by atoms with E-state index in [0.29, 0.717) is 5.69 Å². The third-order valence-electron chi connectivity index (χ3n) is 1.73. The molecule has 0 saturated heterocycles. The predicted octanol–water partition coefficient (Wildman–Crippen LogP) is 0.854. The molecule has 2 aromatic rings. The summed E-state index contributed by atoms with van der Waals surface area (Å²) in [4.78, 5) is 15.0. The van der Waals surface area contributed by atoms with Crippen LogP contribution in [0.4, 0.5) is 5.69 Å². The number of aromatic nitrogens is 3. The van der Waals surface area contributed by atoms with Gasteiger partial charge in [0, 0.05) is 0 Å². The van der Waals surface area contributed by atoms with Gasteiger partial charge in [-0.2, -0.15) is 5.10 Å². The first-order valence-corrected chi connectivity index (χ1v) is 4.02. The molecule has 0 radical (unpaired) electrons. The molecule has 14 heavy (non-hydrogen) atoms. The van der Waals surface area contributed by atoms with Gasteiger partial charge in [-0.05, 0) is 18.2 Å². The highest BCUT2D eigenvalue weighted by atomic mass is 16.1. The predicted molar refractivity (Wildman–Crippen MR) is 51.8 cm³/mol. The second kappa shape index (κ2) is 3.29. The van der Waals surface area contributed by atoms with Crippen LogP contribution in [0, 0.1) is 0 Å². The molecule has 0 aromatic carbocycles. The Bertz CT molecular complexity index is 488. The van der Waals surface area contributed by atoms with E-state index in [9.17, 15) is 4.79 Å².